The number of para-hydroxylation sites is 2. The lowest BCUT2D eigenvalue weighted by Gasteiger charge is -2.17. The molecule has 3 rings (SSSR count). The van der Waals surface area contributed by atoms with E-state index in [1.54, 1.807) is 0 Å². The summed E-state index contributed by atoms with van der Waals surface area (Å²) in [6.07, 6.45) is 0. The summed E-state index contributed by atoms with van der Waals surface area (Å²) in [5, 5.41) is 1.39. The lowest BCUT2D eigenvalue weighted by molar-refractivity contribution is -0.685. The van der Waals surface area contributed by atoms with Gasteiger partial charge in [0, 0.05) is 10.2 Å². The molecule has 0 radical (unpaired) electrons. The van der Waals surface area contributed by atoms with Gasteiger partial charge in [-0.2, -0.15) is 0 Å². The van der Waals surface area contributed by atoms with E-state index >= 15 is 0 Å². The zero-order valence-electron chi connectivity index (χ0n) is 9.40. The molecule has 16 heavy (non-hydrogen) atoms. The predicted molar refractivity (Wildman–Crippen MR) is 76.4 cm³/mol. The summed E-state index contributed by atoms with van der Waals surface area (Å²) >= 11 is 4.47. The number of fused-ring (bicyclic) bond motifs is 3. The summed E-state index contributed by atoms with van der Waals surface area (Å²) < 4.78 is 5.99. The van der Waals surface area contributed by atoms with Gasteiger partial charge in [0.2, 0.25) is 0 Å². The average molecular weight is 345 g/mol. The van der Waals surface area contributed by atoms with Crippen molar-refractivity contribution in [2.75, 3.05) is 10.2 Å². The number of benzene rings is 1. The third-order valence-corrected chi connectivity index (χ3v) is 6.43. The molecule has 1 aromatic heterocycles. The van der Waals surface area contributed by atoms with E-state index in [9.17, 15) is 0 Å². The fourth-order valence-corrected chi connectivity index (χ4v) is 4.75. The molecular weight excluding hydrogens is 331 g/mol. The molecule has 1 aliphatic rings. The fourth-order valence-electron chi connectivity index (χ4n) is 2.36. The molecule has 0 saturated carbocycles. The molecule has 2 nitrogen and oxygen atoms in total. The second kappa shape index (κ2) is 3.63. The number of imidazole rings is 1. The minimum Gasteiger partial charge on any atom is -0.220 e. The van der Waals surface area contributed by atoms with Crippen molar-refractivity contribution in [1.29, 1.82) is 0 Å². The molecule has 0 N–H and O–H groups in total. The molecule has 1 aliphatic heterocycles. The van der Waals surface area contributed by atoms with Gasteiger partial charge in [0.25, 0.3) is 0 Å². The highest BCUT2D eigenvalue weighted by atomic mass is 127. The highest BCUT2D eigenvalue weighted by Gasteiger charge is 2.44. The van der Waals surface area contributed by atoms with Crippen LogP contribution < -0.4 is 4.57 Å². The van der Waals surface area contributed by atoms with E-state index in [-0.39, 0.29) is 5.54 Å². The third-order valence-electron chi connectivity index (χ3n) is 3.30. The molecule has 2 aromatic rings. The quantitative estimate of drug-likeness (QED) is 0.439. The van der Waals surface area contributed by atoms with Crippen LogP contribution in [0.15, 0.2) is 29.4 Å². The largest absolute Gasteiger partial charge is 0.319 e. The number of hydrogen-bond acceptors (Lipinski definition) is 1. The number of aromatic nitrogens is 2. The van der Waals surface area contributed by atoms with E-state index in [0.29, 0.717) is 0 Å². The lowest BCUT2D eigenvalue weighted by Crippen LogP contribution is -2.32. The molecule has 4 heteroatoms. The second-order valence-electron chi connectivity index (χ2n) is 4.58. The smallest absolute Gasteiger partial charge is 0.220 e. The van der Waals surface area contributed by atoms with E-state index in [1.807, 2.05) is 11.8 Å². The Kier molecular flexibility index (Phi) is 2.47. The Bertz CT molecular complexity index is 563. The number of nitrogens with zero attached hydrogens (tertiary/aromatic N) is 2. The normalized spacial score (nSPS) is 23.9. The van der Waals surface area contributed by atoms with E-state index in [0.717, 1.165) is 4.43 Å². The molecule has 0 spiro atoms. The Balaban J connectivity index is 2.40. The van der Waals surface area contributed by atoms with E-state index in [1.165, 1.54) is 21.9 Å². The van der Waals surface area contributed by atoms with Crippen LogP contribution in [-0.4, -0.2) is 14.7 Å². The van der Waals surface area contributed by atoms with Crippen LogP contribution in [0.5, 0.6) is 0 Å². The van der Waals surface area contributed by atoms with Crippen LogP contribution in [-0.2, 0) is 12.6 Å². The SMILES string of the molecule is C[n+]1c2n(c3ccccc31)C(C)(CI)CS2. The van der Waals surface area contributed by atoms with Gasteiger partial charge in [-0.15, -0.1) is 0 Å². The summed E-state index contributed by atoms with van der Waals surface area (Å²) in [5.74, 6) is 1.18. The number of hydrogen-bond donors (Lipinski definition) is 0. The maximum absolute atomic E-state index is 2.51. The standard InChI is InChI=1S/C12H14IN2S/c1-12(7-13)8-16-11-14(2)9-5-3-4-6-10(9)15(11)12/h3-6H,7-8H2,1-2H3/q+1. The molecule has 0 bridgehead atoms. The van der Waals surface area contributed by atoms with Crippen LogP contribution in [0.3, 0.4) is 0 Å². The van der Waals surface area contributed by atoms with Gasteiger partial charge in [-0.25, -0.2) is 9.13 Å². The molecule has 0 aliphatic carbocycles. The summed E-state index contributed by atoms with van der Waals surface area (Å²) in [4.78, 5) is 0. The highest BCUT2D eigenvalue weighted by Crippen LogP contribution is 2.40. The van der Waals surface area contributed by atoms with Crippen molar-refractivity contribution < 1.29 is 4.57 Å². The second-order valence-corrected chi connectivity index (χ2v) is 6.29. The number of halogens is 1. The van der Waals surface area contributed by atoms with Crippen molar-refractivity contribution in [2.24, 2.45) is 7.05 Å². The molecular formula is C12H14IN2S+. The number of rotatable bonds is 1. The molecule has 0 fully saturated rings. The van der Waals surface area contributed by atoms with E-state index in [2.05, 4.69) is 70.0 Å². The first-order chi connectivity index (χ1) is 7.67. The van der Waals surface area contributed by atoms with Crippen LogP contribution in [0.4, 0.5) is 0 Å². The summed E-state index contributed by atoms with van der Waals surface area (Å²) in [5.41, 5.74) is 2.96. The monoisotopic (exact) mass is 345 g/mol. The molecule has 0 amide bonds. The Morgan fingerprint density at radius 3 is 3.00 bits per heavy atom. The van der Waals surface area contributed by atoms with Gasteiger partial charge in [0.15, 0.2) is 11.0 Å². The first-order valence-electron chi connectivity index (χ1n) is 5.36. The first kappa shape index (κ1) is 10.9. The van der Waals surface area contributed by atoms with Crippen LogP contribution in [0, 0.1) is 0 Å². The summed E-state index contributed by atoms with van der Waals surface area (Å²) in [6.45, 7) is 2.36. The molecule has 1 atom stereocenters. The van der Waals surface area contributed by atoms with Crippen LogP contribution in [0.1, 0.15) is 6.92 Å². The van der Waals surface area contributed by atoms with Crippen molar-refractivity contribution in [3.8, 4) is 0 Å². The molecule has 84 valence electrons. The van der Waals surface area contributed by atoms with Gasteiger partial charge >= 0.3 is 5.16 Å². The van der Waals surface area contributed by atoms with Crippen molar-refractivity contribution in [3.63, 3.8) is 0 Å². The fraction of sp³-hybridized carbons (Fsp3) is 0.417. The van der Waals surface area contributed by atoms with Crippen LogP contribution in [0.25, 0.3) is 11.0 Å². The number of alkyl halides is 1. The summed E-state index contributed by atoms with van der Waals surface area (Å²) in [6, 6.07) is 8.68. The Morgan fingerprint density at radius 2 is 2.25 bits per heavy atom. The van der Waals surface area contributed by atoms with E-state index in [4.69, 9.17) is 0 Å². The van der Waals surface area contributed by atoms with Gasteiger partial charge < -0.3 is 0 Å². The van der Waals surface area contributed by atoms with Crippen molar-refractivity contribution >= 4 is 45.4 Å². The van der Waals surface area contributed by atoms with Crippen molar-refractivity contribution in [1.82, 2.24) is 4.57 Å². The first-order valence-corrected chi connectivity index (χ1v) is 7.87. The highest BCUT2D eigenvalue weighted by molar-refractivity contribution is 14.1. The Labute approximate surface area is 113 Å². The van der Waals surface area contributed by atoms with Crippen molar-refractivity contribution in [2.45, 2.75) is 17.6 Å². The lowest BCUT2D eigenvalue weighted by atomic mass is 10.1. The van der Waals surface area contributed by atoms with Crippen LogP contribution in [0.2, 0.25) is 0 Å². The zero-order valence-corrected chi connectivity index (χ0v) is 12.4. The third kappa shape index (κ3) is 1.29. The average Bonchev–Trinajstić information content (AvgIpc) is 2.80. The molecule has 1 unspecified atom stereocenters. The van der Waals surface area contributed by atoms with E-state index < -0.39 is 0 Å². The summed E-state index contributed by atoms with van der Waals surface area (Å²) in [7, 11) is 2.17. The molecule has 2 heterocycles. The maximum Gasteiger partial charge on any atom is 0.319 e. The van der Waals surface area contributed by atoms with Gasteiger partial charge in [-0.05, 0) is 30.8 Å². The Hall–Kier alpha value is -0.230. The van der Waals surface area contributed by atoms with Gasteiger partial charge in [0.1, 0.15) is 5.54 Å². The van der Waals surface area contributed by atoms with Gasteiger partial charge in [-0.1, -0.05) is 34.7 Å². The number of aryl methyl sites for hydroxylation is 1. The maximum atomic E-state index is 2.51. The van der Waals surface area contributed by atoms with Crippen molar-refractivity contribution in [3.05, 3.63) is 24.3 Å². The zero-order chi connectivity index (χ0) is 11.3. The van der Waals surface area contributed by atoms with Gasteiger partial charge in [-0.3, -0.25) is 0 Å². The molecule has 1 aromatic carbocycles. The topological polar surface area (TPSA) is 8.81 Å². The van der Waals surface area contributed by atoms with Crippen LogP contribution >= 0.6 is 34.4 Å². The number of thioether (sulfide) groups is 1. The predicted octanol–water partition coefficient (Wildman–Crippen LogP) is 2.72. The molecule has 0 saturated heterocycles. The minimum atomic E-state index is 0.265. The Morgan fingerprint density at radius 1 is 1.50 bits per heavy atom. The minimum absolute atomic E-state index is 0.265. The van der Waals surface area contributed by atoms with Gasteiger partial charge in [0.05, 0.1) is 7.05 Å².